The average Bonchev–Trinajstić information content (AvgIpc) is 3.12. The van der Waals surface area contributed by atoms with Crippen molar-refractivity contribution in [2.45, 2.75) is 46.2 Å². The number of aromatic nitrogens is 1. The largest absolute Gasteiger partial charge is 0.317 e. The first-order valence-electron chi connectivity index (χ1n) is 8.38. The fourth-order valence-electron chi connectivity index (χ4n) is 3.27. The minimum atomic E-state index is -3.39. The Bertz CT molecular complexity index is 1000. The highest BCUT2D eigenvalue weighted by molar-refractivity contribution is 7.88. The molecule has 8 heteroatoms. The first-order chi connectivity index (χ1) is 11.7. The van der Waals surface area contributed by atoms with Crippen molar-refractivity contribution in [2.75, 3.05) is 12.8 Å². The smallest absolute Gasteiger partial charge is 0.266 e. The van der Waals surface area contributed by atoms with E-state index < -0.39 is 16.1 Å². The third-order valence-electron chi connectivity index (χ3n) is 4.74. The summed E-state index contributed by atoms with van der Waals surface area (Å²) >= 11 is 1.47. The maximum Gasteiger partial charge on any atom is 0.266 e. The molecule has 25 heavy (non-hydrogen) atoms. The Kier molecular flexibility index (Phi) is 4.87. The molecule has 0 radical (unpaired) electrons. The number of hydrogen-bond acceptors (Lipinski definition) is 4. The summed E-state index contributed by atoms with van der Waals surface area (Å²) in [6.45, 7) is 7.24. The molecule has 3 rings (SSSR count). The van der Waals surface area contributed by atoms with Crippen molar-refractivity contribution in [3.63, 3.8) is 0 Å². The molecule has 1 aliphatic heterocycles. The Morgan fingerprint density at radius 2 is 2.00 bits per heavy atom. The lowest BCUT2D eigenvalue weighted by Crippen LogP contribution is -2.39. The second-order valence-corrected chi connectivity index (χ2v) is 9.46. The minimum absolute atomic E-state index is 0.370. The van der Waals surface area contributed by atoms with Gasteiger partial charge in [0, 0.05) is 13.1 Å². The summed E-state index contributed by atoms with van der Waals surface area (Å²) in [7, 11) is -3.39. The van der Waals surface area contributed by atoms with Gasteiger partial charge in [-0.15, -0.1) is 0 Å². The van der Waals surface area contributed by atoms with Crippen LogP contribution in [0.15, 0.2) is 17.1 Å². The third-order valence-corrected chi connectivity index (χ3v) is 7.07. The molecule has 2 heterocycles. The van der Waals surface area contributed by atoms with Gasteiger partial charge in [-0.2, -0.15) is 9.30 Å². The zero-order chi connectivity index (χ0) is 18.4. The van der Waals surface area contributed by atoms with Gasteiger partial charge in [0.05, 0.1) is 16.5 Å². The van der Waals surface area contributed by atoms with E-state index in [2.05, 4.69) is 31.0 Å². The number of nitrogens with zero attached hydrogens (tertiary/aromatic N) is 3. The minimum Gasteiger partial charge on any atom is -0.317 e. The molecule has 0 N–H and O–H groups in total. The van der Waals surface area contributed by atoms with Gasteiger partial charge in [0.15, 0.2) is 4.80 Å². The molecule has 1 aliphatic rings. The molecule has 1 fully saturated rings. The predicted molar refractivity (Wildman–Crippen MR) is 100 cm³/mol. The van der Waals surface area contributed by atoms with Gasteiger partial charge >= 0.3 is 0 Å². The van der Waals surface area contributed by atoms with E-state index in [-0.39, 0.29) is 5.91 Å². The monoisotopic (exact) mass is 381 g/mol. The molecule has 1 amide bonds. The number of hydrogen-bond donors (Lipinski definition) is 0. The van der Waals surface area contributed by atoms with E-state index in [0.717, 1.165) is 16.5 Å². The zero-order valence-corrected chi connectivity index (χ0v) is 16.6. The van der Waals surface area contributed by atoms with Crippen LogP contribution in [0.5, 0.6) is 0 Å². The summed E-state index contributed by atoms with van der Waals surface area (Å²) in [6.07, 6.45) is 2.37. The Morgan fingerprint density at radius 1 is 1.32 bits per heavy atom. The summed E-state index contributed by atoms with van der Waals surface area (Å²) < 4.78 is 28.1. The fourth-order valence-corrected chi connectivity index (χ4v) is 5.56. The van der Waals surface area contributed by atoms with Crippen molar-refractivity contribution < 1.29 is 13.2 Å². The number of fused-ring (bicyclic) bond motifs is 1. The molecule has 1 saturated heterocycles. The van der Waals surface area contributed by atoms with Crippen LogP contribution in [0.1, 0.15) is 30.9 Å². The lowest BCUT2D eigenvalue weighted by Gasteiger charge is -2.18. The van der Waals surface area contributed by atoms with Gasteiger partial charge in [0.1, 0.15) is 6.04 Å². The highest BCUT2D eigenvalue weighted by atomic mass is 32.2. The van der Waals surface area contributed by atoms with Crippen LogP contribution < -0.4 is 4.80 Å². The van der Waals surface area contributed by atoms with Crippen LogP contribution in [0.3, 0.4) is 0 Å². The van der Waals surface area contributed by atoms with E-state index in [1.165, 1.54) is 26.8 Å². The van der Waals surface area contributed by atoms with Gasteiger partial charge in [0.25, 0.3) is 5.91 Å². The van der Waals surface area contributed by atoms with Gasteiger partial charge in [-0.1, -0.05) is 11.3 Å². The molecule has 6 nitrogen and oxygen atoms in total. The summed E-state index contributed by atoms with van der Waals surface area (Å²) in [5.74, 6) is -0.370. The lowest BCUT2D eigenvalue weighted by molar-refractivity contribution is -0.121. The molecular formula is C17H23N3O3S2. The summed E-state index contributed by atoms with van der Waals surface area (Å²) in [6, 6.07) is 3.56. The third kappa shape index (κ3) is 3.43. The number of carbonyl (C=O) groups excluding carboxylic acids is 1. The number of carbonyl (C=O) groups is 1. The lowest BCUT2D eigenvalue weighted by atomic mass is 10.1. The van der Waals surface area contributed by atoms with Crippen molar-refractivity contribution in [1.82, 2.24) is 8.87 Å². The molecule has 136 valence electrons. The van der Waals surface area contributed by atoms with Crippen LogP contribution in [0, 0.1) is 13.8 Å². The maximum absolute atomic E-state index is 12.7. The molecule has 0 saturated carbocycles. The Balaban J connectivity index is 2.08. The topological polar surface area (TPSA) is 71.7 Å². The Morgan fingerprint density at radius 3 is 2.64 bits per heavy atom. The highest BCUT2D eigenvalue weighted by Crippen LogP contribution is 2.23. The van der Waals surface area contributed by atoms with Gasteiger partial charge in [-0.05, 0) is 56.9 Å². The summed E-state index contributed by atoms with van der Waals surface area (Å²) in [4.78, 5) is 17.6. The number of amides is 1. The molecule has 2 aromatic rings. The molecule has 1 aromatic carbocycles. The molecule has 0 aliphatic carbocycles. The first kappa shape index (κ1) is 18.3. The zero-order valence-electron chi connectivity index (χ0n) is 14.9. The molecule has 0 spiro atoms. The van der Waals surface area contributed by atoms with Gasteiger partial charge in [-0.25, -0.2) is 8.42 Å². The molecule has 1 aromatic heterocycles. The van der Waals surface area contributed by atoms with Crippen LogP contribution in [0.25, 0.3) is 10.2 Å². The van der Waals surface area contributed by atoms with E-state index >= 15 is 0 Å². The number of sulfonamides is 1. The van der Waals surface area contributed by atoms with Crippen LogP contribution in [0.2, 0.25) is 0 Å². The van der Waals surface area contributed by atoms with Gasteiger partial charge in [-0.3, -0.25) is 4.79 Å². The molecule has 1 atom stereocenters. The molecular weight excluding hydrogens is 358 g/mol. The maximum atomic E-state index is 12.7. The first-order valence-corrected chi connectivity index (χ1v) is 11.0. The highest BCUT2D eigenvalue weighted by Gasteiger charge is 2.36. The predicted octanol–water partition coefficient (Wildman–Crippen LogP) is 2.19. The Labute approximate surface area is 151 Å². The normalized spacial score (nSPS) is 19.8. The van der Waals surface area contributed by atoms with Crippen LogP contribution >= 0.6 is 11.3 Å². The fraction of sp³-hybridized carbons (Fsp3) is 0.529. The van der Waals surface area contributed by atoms with E-state index in [1.807, 2.05) is 11.5 Å². The summed E-state index contributed by atoms with van der Waals surface area (Å²) in [5, 5.41) is 0. The number of rotatable bonds is 3. The molecule has 1 unspecified atom stereocenters. The Hall–Kier alpha value is -1.51. The summed E-state index contributed by atoms with van der Waals surface area (Å²) in [5.41, 5.74) is 3.46. The standard InChI is InChI=1S/C17H23N3O3S2/c1-5-19-14-9-11(2)12(3)10-15(14)24-17(19)18-16(21)13-7-6-8-20(13)25(4,22)23/h9-10,13H,5-8H2,1-4H3. The van der Waals surface area contributed by atoms with Crippen LogP contribution in [-0.4, -0.2) is 42.0 Å². The SMILES string of the molecule is CCn1c(=NC(=O)C2CCCN2S(C)(=O)=O)sc2cc(C)c(C)cc21. The van der Waals surface area contributed by atoms with Gasteiger partial charge < -0.3 is 4.57 Å². The average molecular weight is 382 g/mol. The van der Waals surface area contributed by atoms with Crippen LogP contribution in [0.4, 0.5) is 0 Å². The number of aryl methyl sites for hydroxylation is 3. The van der Waals surface area contributed by atoms with E-state index in [4.69, 9.17) is 0 Å². The van der Waals surface area contributed by atoms with Crippen LogP contribution in [-0.2, 0) is 21.4 Å². The van der Waals surface area contributed by atoms with E-state index in [9.17, 15) is 13.2 Å². The molecule has 0 bridgehead atoms. The number of benzene rings is 1. The van der Waals surface area contributed by atoms with Crippen molar-refractivity contribution in [2.24, 2.45) is 4.99 Å². The van der Waals surface area contributed by atoms with Gasteiger partial charge in [0.2, 0.25) is 10.0 Å². The quantitative estimate of drug-likeness (QED) is 0.818. The van der Waals surface area contributed by atoms with Crippen molar-refractivity contribution in [3.05, 3.63) is 28.1 Å². The second-order valence-electron chi connectivity index (χ2n) is 6.51. The number of thiazole rings is 1. The van der Waals surface area contributed by atoms with Crippen molar-refractivity contribution >= 4 is 37.5 Å². The van der Waals surface area contributed by atoms with Crippen molar-refractivity contribution in [1.29, 1.82) is 0 Å². The second kappa shape index (κ2) is 6.66. The van der Waals surface area contributed by atoms with Crippen molar-refractivity contribution in [3.8, 4) is 0 Å². The van der Waals surface area contributed by atoms with E-state index in [0.29, 0.717) is 30.7 Å². The van der Waals surface area contributed by atoms with E-state index in [1.54, 1.807) is 0 Å².